The summed E-state index contributed by atoms with van der Waals surface area (Å²) in [7, 11) is 0. The second-order valence-electron chi connectivity index (χ2n) is 6.99. The van der Waals surface area contributed by atoms with Crippen molar-refractivity contribution >= 4 is 22.6 Å². The number of rotatable bonds is 5. The van der Waals surface area contributed by atoms with Crippen LogP contribution in [0.3, 0.4) is 0 Å². The molecule has 0 fully saturated rings. The van der Waals surface area contributed by atoms with Crippen molar-refractivity contribution in [1.29, 1.82) is 0 Å². The first-order valence-electron chi connectivity index (χ1n) is 9.59. The van der Waals surface area contributed by atoms with E-state index < -0.39 is 0 Å². The number of amides is 1. The Hall–Kier alpha value is -3.67. The molecule has 2 heterocycles. The Balaban J connectivity index is 1.74. The first-order chi connectivity index (χ1) is 14.1. The molecule has 0 bridgehead atoms. The Morgan fingerprint density at radius 1 is 1.07 bits per heavy atom. The van der Waals surface area contributed by atoms with Gasteiger partial charge in [-0.1, -0.05) is 36.8 Å². The third kappa shape index (κ3) is 3.69. The lowest BCUT2D eigenvalue weighted by atomic mass is 10.1. The number of hydrogen-bond acceptors (Lipinski definition) is 3. The van der Waals surface area contributed by atoms with E-state index >= 15 is 0 Å². The Bertz CT molecular complexity index is 1240. The van der Waals surface area contributed by atoms with Gasteiger partial charge in [-0.2, -0.15) is 0 Å². The van der Waals surface area contributed by atoms with Crippen LogP contribution in [-0.4, -0.2) is 20.3 Å². The SMILES string of the molecule is CCc1cccc(NC(=O)Cn2c3ncccc3c(=O)n2-c2ccc(C)cc2)c1. The number of aromatic nitrogens is 3. The van der Waals surface area contributed by atoms with E-state index in [1.807, 2.05) is 55.5 Å². The maximum atomic E-state index is 13.0. The first-order valence-corrected chi connectivity index (χ1v) is 9.59. The Morgan fingerprint density at radius 2 is 1.86 bits per heavy atom. The maximum absolute atomic E-state index is 13.0. The van der Waals surface area contributed by atoms with Gasteiger partial charge in [-0.15, -0.1) is 0 Å². The molecule has 4 aromatic rings. The molecule has 0 aliphatic carbocycles. The van der Waals surface area contributed by atoms with Gasteiger partial charge in [0.1, 0.15) is 6.54 Å². The van der Waals surface area contributed by atoms with Crippen molar-refractivity contribution in [3.8, 4) is 5.69 Å². The predicted octanol–water partition coefficient (Wildman–Crippen LogP) is 3.70. The van der Waals surface area contributed by atoms with Gasteiger partial charge in [-0.25, -0.2) is 9.67 Å². The summed E-state index contributed by atoms with van der Waals surface area (Å²) < 4.78 is 3.14. The number of fused-ring (bicyclic) bond motifs is 1. The highest BCUT2D eigenvalue weighted by Crippen LogP contribution is 2.15. The monoisotopic (exact) mass is 386 g/mol. The summed E-state index contributed by atoms with van der Waals surface area (Å²) >= 11 is 0. The van der Waals surface area contributed by atoms with Crippen LogP contribution in [0, 0.1) is 6.92 Å². The molecular weight excluding hydrogens is 364 g/mol. The minimum Gasteiger partial charge on any atom is -0.324 e. The topological polar surface area (TPSA) is 68.9 Å². The third-order valence-electron chi connectivity index (χ3n) is 4.89. The van der Waals surface area contributed by atoms with Crippen LogP contribution in [0.25, 0.3) is 16.7 Å². The van der Waals surface area contributed by atoms with E-state index in [4.69, 9.17) is 0 Å². The van der Waals surface area contributed by atoms with Crippen molar-refractivity contribution in [2.75, 3.05) is 5.32 Å². The fraction of sp³-hybridized carbons (Fsp3) is 0.174. The lowest BCUT2D eigenvalue weighted by Crippen LogP contribution is -2.27. The summed E-state index contributed by atoms with van der Waals surface area (Å²) in [6.45, 7) is 4.03. The van der Waals surface area contributed by atoms with Crippen LogP contribution >= 0.6 is 0 Å². The molecule has 0 aliphatic heterocycles. The van der Waals surface area contributed by atoms with Crippen molar-refractivity contribution in [2.45, 2.75) is 26.8 Å². The van der Waals surface area contributed by atoms with Crippen molar-refractivity contribution in [3.05, 3.63) is 88.3 Å². The fourth-order valence-corrected chi connectivity index (χ4v) is 3.38. The highest BCUT2D eigenvalue weighted by Gasteiger charge is 2.18. The Labute approximate surface area is 168 Å². The quantitative estimate of drug-likeness (QED) is 0.569. The van der Waals surface area contributed by atoms with Crippen molar-refractivity contribution < 1.29 is 4.79 Å². The number of carbonyl (C=O) groups excluding carboxylic acids is 1. The van der Waals surface area contributed by atoms with Crippen molar-refractivity contribution in [2.24, 2.45) is 0 Å². The number of hydrogen-bond donors (Lipinski definition) is 1. The average molecular weight is 386 g/mol. The van der Waals surface area contributed by atoms with Crippen molar-refractivity contribution in [3.63, 3.8) is 0 Å². The Morgan fingerprint density at radius 3 is 2.62 bits per heavy atom. The smallest absolute Gasteiger partial charge is 0.280 e. The molecule has 0 atom stereocenters. The Kier molecular flexibility index (Phi) is 4.99. The highest BCUT2D eigenvalue weighted by atomic mass is 16.2. The normalized spacial score (nSPS) is 11.0. The minimum absolute atomic E-state index is 0.0278. The molecule has 2 aromatic heterocycles. The number of nitrogens with zero attached hydrogens (tertiary/aromatic N) is 3. The van der Waals surface area contributed by atoms with Crippen molar-refractivity contribution in [1.82, 2.24) is 14.3 Å². The van der Waals surface area contributed by atoms with E-state index in [1.54, 1.807) is 23.0 Å². The highest BCUT2D eigenvalue weighted by molar-refractivity contribution is 5.91. The van der Waals surface area contributed by atoms with Gasteiger partial charge in [-0.3, -0.25) is 14.3 Å². The van der Waals surface area contributed by atoms with Gasteiger partial charge >= 0.3 is 0 Å². The second kappa shape index (κ2) is 7.75. The zero-order chi connectivity index (χ0) is 20.4. The number of nitrogens with one attached hydrogen (secondary N) is 1. The lowest BCUT2D eigenvalue weighted by Gasteiger charge is -2.13. The predicted molar refractivity (Wildman–Crippen MR) is 115 cm³/mol. The van der Waals surface area contributed by atoms with E-state index in [9.17, 15) is 9.59 Å². The molecule has 0 radical (unpaired) electrons. The summed E-state index contributed by atoms with van der Waals surface area (Å²) in [4.78, 5) is 30.2. The third-order valence-corrected chi connectivity index (χ3v) is 4.89. The van der Waals surface area contributed by atoms with Gasteiger partial charge in [0, 0.05) is 11.9 Å². The molecule has 6 nitrogen and oxygen atoms in total. The van der Waals surface area contributed by atoms with Crippen LogP contribution in [0.2, 0.25) is 0 Å². The van der Waals surface area contributed by atoms with E-state index in [0.29, 0.717) is 16.7 Å². The number of aryl methyl sites for hydroxylation is 2. The van der Waals surface area contributed by atoms with E-state index in [2.05, 4.69) is 17.2 Å². The number of carbonyl (C=O) groups is 1. The summed E-state index contributed by atoms with van der Waals surface area (Å²) in [6, 6.07) is 18.8. The van der Waals surface area contributed by atoms with Gasteiger partial charge < -0.3 is 5.32 Å². The lowest BCUT2D eigenvalue weighted by molar-refractivity contribution is -0.116. The molecule has 0 unspecified atom stereocenters. The van der Waals surface area contributed by atoms with Gasteiger partial charge in [-0.05, 0) is 55.3 Å². The molecule has 4 rings (SSSR count). The van der Waals surface area contributed by atoms with Crippen LogP contribution in [0.1, 0.15) is 18.1 Å². The zero-order valence-corrected chi connectivity index (χ0v) is 16.4. The minimum atomic E-state index is -0.221. The molecule has 6 heteroatoms. The molecule has 1 N–H and O–H groups in total. The van der Waals surface area contributed by atoms with Crippen LogP contribution in [0.5, 0.6) is 0 Å². The summed E-state index contributed by atoms with van der Waals surface area (Å²) in [5, 5.41) is 3.40. The molecule has 1 amide bonds. The van der Waals surface area contributed by atoms with Crippen LogP contribution in [0.15, 0.2) is 71.7 Å². The number of benzene rings is 2. The van der Waals surface area contributed by atoms with Gasteiger partial charge in [0.05, 0.1) is 11.1 Å². The van der Waals surface area contributed by atoms with Crippen LogP contribution in [-0.2, 0) is 17.8 Å². The molecular formula is C23H22N4O2. The largest absolute Gasteiger partial charge is 0.324 e. The molecule has 29 heavy (non-hydrogen) atoms. The summed E-state index contributed by atoms with van der Waals surface area (Å²) in [5.41, 5.74) is 3.96. The number of pyridine rings is 1. The molecule has 2 aromatic carbocycles. The van der Waals surface area contributed by atoms with Gasteiger partial charge in [0.25, 0.3) is 5.56 Å². The van der Waals surface area contributed by atoms with E-state index in [-0.39, 0.29) is 18.0 Å². The van der Waals surface area contributed by atoms with Crippen LogP contribution < -0.4 is 10.9 Å². The zero-order valence-electron chi connectivity index (χ0n) is 16.4. The first kappa shape index (κ1) is 18.7. The second-order valence-corrected chi connectivity index (χ2v) is 6.99. The summed E-state index contributed by atoms with van der Waals surface area (Å²) in [5.74, 6) is -0.221. The molecule has 0 aliphatic rings. The van der Waals surface area contributed by atoms with Crippen LogP contribution in [0.4, 0.5) is 5.69 Å². The summed E-state index contributed by atoms with van der Waals surface area (Å²) in [6.07, 6.45) is 2.52. The van der Waals surface area contributed by atoms with E-state index in [0.717, 1.165) is 23.2 Å². The standard InChI is InChI=1S/C23H22N4O2/c1-3-17-6-4-7-18(14-17)25-21(28)15-26-22-20(8-5-13-24-22)23(29)27(26)19-11-9-16(2)10-12-19/h4-14H,3,15H2,1-2H3,(H,25,28). The van der Waals surface area contributed by atoms with Gasteiger partial charge in [0.15, 0.2) is 5.65 Å². The maximum Gasteiger partial charge on any atom is 0.280 e. The fourth-order valence-electron chi connectivity index (χ4n) is 3.38. The molecule has 0 saturated heterocycles. The molecule has 0 spiro atoms. The van der Waals surface area contributed by atoms with Gasteiger partial charge in [0.2, 0.25) is 5.91 Å². The molecule has 146 valence electrons. The average Bonchev–Trinajstić information content (AvgIpc) is 3.01. The van der Waals surface area contributed by atoms with E-state index in [1.165, 1.54) is 4.68 Å². The number of anilines is 1. The molecule has 0 saturated carbocycles.